The van der Waals surface area contributed by atoms with E-state index < -0.39 is 5.97 Å². The summed E-state index contributed by atoms with van der Waals surface area (Å²) in [6, 6.07) is 0. The highest BCUT2D eigenvalue weighted by Crippen LogP contribution is 2.62. The second-order valence-electron chi connectivity index (χ2n) is 8.24. The highest BCUT2D eigenvalue weighted by atomic mass is 16.5. The second kappa shape index (κ2) is 6.05. The molecule has 3 rings (SSSR count). The van der Waals surface area contributed by atoms with Crippen molar-refractivity contribution in [2.75, 3.05) is 6.61 Å². The number of carboxylic acids is 1. The summed E-state index contributed by atoms with van der Waals surface area (Å²) >= 11 is 0. The van der Waals surface area contributed by atoms with Crippen LogP contribution in [0.2, 0.25) is 0 Å². The third-order valence-corrected chi connectivity index (χ3v) is 7.18. The molecule has 0 unspecified atom stereocenters. The number of hydrogen-bond acceptors (Lipinski definition) is 3. The van der Waals surface area contributed by atoms with Gasteiger partial charge in [0, 0.05) is 16.6 Å². The van der Waals surface area contributed by atoms with Gasteiger partial charge in [0.05, 0.1) is 0 Å². The standard InChI is InChI=1S/C20H28O4/c1-13-7-10-20(3)15(17(21)22)5-4-6-16(20)19(13,2)11-8-14-9-12-24-18(14)23/h5,9,13,16H,4,6-8,10-12H2,1-3H3,(H,21,22)/t13-,16-,19+,20+/m0/s1. The third-order valence-electron chi connectivity index (χ3n) is 7.18. The normalized spacial score (nSPS) is 38.9. The summed E-state index contributed by atoms with van der Waals surface area (Å²) in [6.45, 7) is 7.14. The fraction of sp³-hybridized carbons (Fsp3) is 0.700. The van der Waals surface area contributed by atoms with E-state index in [0.717, 1.165) is 44.1 Å². The SMILES string of the molecule is C[C@H]1CC[C@]2(C)C(C(=O)O)=CCC[C@H]2[C@]1(C)CCC1=CCOC1=O. The second-order valence-corrected chi connectivity index (χ2v) is 8.24. The van der Waals surface area contributed by atoms with Crippen molar-refractivity contribution in [2.45, 2.75) is 59.3 Å². The maximum atomic E-state index is 11.8. The van der Waals surface area contributed by atoms with Gasteiger partial charge in [0.15, 0.2) is 0 Å². The van der Waals surface area contributed by atoms with E-state index in [0.29, 0.717) is 24.0 Å². The van der Waals surface area contributed by atoms with E-state index in [9.17, 15) is 14.7 Å². The number of carbonyl (C=O) groups is 2. The molecule has 2 aliphatic carbocycles. The van der Waals surface area contributed by atoms with Gasteiger partial charge in [0.1, 0.15) is 6.61 Å². The monoisotopic (exact) mass is 332 g/mol. The van der Waals surface area contributed by atoms with Crippen LogP contribution in [0.25, 0.3) is 0 Å². The Hall–Kier alpha value is -1.58. The highest BCUT2D eigenvalue weighted by molar-refractivity contribution is 5.90. The minimum absolute atomic E-state index is 0.0473. The van der Waals surface area contributed by atoms with Crippen molar-refractivity contribution in [2.24, 2.45) is 22.7 Å². The highest BCUT2D eigenvalue weighted by Gasteiger charge is 2.55. The van der Waals surface area contributed by atoms with Gasteiger partial charge in [-0.25, -0.2) is 9.59 Å². The number of rotatable bonds is 4. The van der Waals surface area contributed by atoms with Crippen LogP contribution in [-0.2, 0) is 14.3 Å². The predicted molar refractivity (Wildman–Crippen MR) is 91.3 cm³/mol. The molecule has 4 heteroatoms. The van der Waals surface area contributed by atoms with E-state index in [1.54, 1.807) is 0 Å². The lowest BCUT2D eigenvalue weighted by Crippen LogP contribution is -2.51. The smallest absolute Gasteiger partial charge is 0.334 e. The number of carbonyl (C=O) groups excluding carboxylic acids is 1. The average Bonchev–Trinajstić information content (AvgIpc) is 2.94. The molecule has 1 fully saturated rings. The Morgan fingerprint density at radius 2 is 2.08 bits per heavy atom. The van der Waals surface area contributed by atoms with Gasteiger partial charge in [-0.2, -0.15) is 0 Å². The molecule has 3 aliphatic rings. The van der Waals surface area contributed by atoms with Crippen LogP contribution < -0.4 is 0 Å². The van der Waals surface area contributed by atoms with Gasteiger partial charge in [-0.05, 0) is 61.9 Å². The zero-order valence-corrected chi connectivity index (χ0v) is 14.9. The summed E-state index contributed by atoms with van der Waals surface area (Å²) in [7, 11) is 0. The first kappa shape index (κ1) is 17.2. The zero-order chi connectivity index (χ0) is 17.5. The van der Waals surface area contributed by atoms with Crippen LogP contribution in [0.4, 0.5) is 0 Å². The molecule has 1 saturated carbocycles. The summed E-state index contributed by atoms with van der Waals surface area (Å²) in [4.78, 5) is 23.5. The van der Waals surface area contributed by atoms with Crippen molar-refractivity contribution in [3.8, 4) is 0 Å². The topological polar surface area (TPSA) is 63.6 Å². The molecule has 1 N–H and O–H groups in total. The van der Waals surface area contributed by atoms with Gasteiger partial charge in [-0.15, -0.1) is 0 Å². The van der Waals surface area contributed by atoms with E-state index in [2.05, 4.69) is 20.8 Å². The lowest BCUT2D eigenvalue weighted by atomic mass is 9.46. The van der Waals surface area contributed by atoms with Gasteiger partial charge in [0.25, 0.3) is 0 Å². The first-order chi connectivity index (χ1) is 11.3. The molecule has 1 aliphatic heterocycles. The number of allylic oxidation sites excluding steroid dienone is 1. The van der Waals surface area contributed by atoms with Gasteiger partial charge in [-0.1, -0.05) is 26.8 Å². The van der Waals surface area contributed by atoms with Gasteiger partial charge in [0.2, 0.25) is 0 Å². The van der Waals surface area contributed by atoms with Gasteiger partial charge < -0.3 is 9.84 Å². The molecule has 24 heavy (non-hydrogen) atoms. The number of ether oxygens (including phenoxy) is 1. The van der Waals surface area contributed by atoms with Crippen molar-refractivity contribution >= 4 is 11.9 Å². The largest absolute Gasteiger partial charge is 0.478 e. The first-order valence-electron chi connectivity index (χ1n) is 9.09. The summed E-state index contributed by atoms with van der Waals surface area (Å²) in [6.07, 6.45) is 9.34. The predicted octanol–water partition coefficient (Wildman–Crippen LogP) is 4.11. The molecule has 0 radical (unpaired) electrons. The molecule has 0 saturated heterocycles. The van der Waals surface area contributed by atoms with Crippen LogP contribution in [0.15, 0.2) is 23.3 Å². The molecule has 0 aromatic carbocycles. The van der Waals surface area contributed by atoms with E-state index in [-0.39, 0.29) is 16.8 Å². The van der Waals surface area contributed by atoms with E-state index >= 15 is 0 Å². The lowest BCUT2D eigenvalue weighted by molar-refractivity contribution is -0.137. The molecule has 4 nitrogen and oxygen atoms in total. The van der Waals surface area contributed by atoms with E-state index in [1.165, 1.54) is 0 Å². The Morgan fingerprint density at radius 1 is 1.33 bits per heavy atom. The average molecular weight is 332 g/mol. The Labute approximate surface area is 144 Å². The Bertz CT molecular complexity index is 617. The summed E-state index contributed by atoms with van der Waals surface area (Å²) < 4.78 is 5.02. The third kappa shape index (κ3) is 2.60. The fourth-order valence-electron chi connectivity index (χ4n) is 5.44. The van der Waals surface area contributed by atoms with Crippen molar-refractivity contribution in [3.63, 3.8) is 0 Å². The van der Waals surface area contributed by atoms with Gasteiger partial charge in [-0.3, -0.25) is 0 Å². The molecule has 1 heterocycles. The summed E-state index contributed by atoms with van der Waals surface area (Å²) in [5, 5.41) is 9.68. The molecule has 132 valence electrons. The van der Waals surface area contributed by atoms with Crippen molar-refractivity contribution < 1.29 is 19.4 Å². The maximum Gasteiger partial charge on any atom is 0.334 e. The molecule has 0 bridgehead atoms. The Kier molecular flexibility index (Phi) is 4.35. The molecule has 0 amide bonds. The number of carboxylic acid groups (broad SMARTS) is 1. The minimum Gasteiger partial charge on any atom is -0.478 e. The lowest BCUT2D eigenvalue weighted by Gasteiger charge is -2.57. The van der Waals surface area contributed by atoms with Crippen molar-refractivity contribution in [3.05, 3.63) is 23.3 Å². The molecular weight excluding hydrogens is 304 g/mol. The number of aliphatic carboxylic acids is 1. The number of hydrogen-bond donors (Lipinski definition) is 1. The summed E-state index contributed by atoms with van der Waals surface area (Å²) in [5.41, 5.74) is 1.19. The Balaban J connectivity index is 1.87. The van der Waals surface area contributed by atoms with Crippen molar-refractivity contribution in [1.82, 2.24) is 0 Å². The summed E-state index contributed by atoms with van der Waals surface area (Å²) in [5.74, 6) is -0.0645. The molecule has 0 spiro atoms. The molecule has 0 aromatic heterocycles. The van der Waals surface area contributed by atoms with Gasteiger partial charge >= 0.3 is 11.9 Å². The van der Waals surface area contributed by atoms with Crippen LogP contribution in [0.5, 0.6) is 0 Å². The molecule has 0 aromatic rings. The fourth-order valence-corrected chi connectivity index (χ4v) is 5.44. The Morgan fingerprint density at radius 3 is 2.71 bits per heavy atom. The van der Waals surface area contributed by atoms with E-state index in [1.807, 2.05) is 12.2 Å². The van der Waals surface area contributed by atoms with Crippen molar-refractivity contribution in [1.29, 1.82) is 0 Å². The molecule has 4 atom stereocenters. The van der Waals surface area contributed by atoms with Crippen LogP contribution in [-0.4, -0.2) is 23.7 Å². The van der Waals surface area contributed by atoms with Crippen LogP contribution in [0, 0.1) is 22.7 Å². The van der Waals surface area contributed by atoms with Crippen LogP contribution >= 0.6 is 0 Å². The van der Waals surface area contributed by atoms with E-state index in [4.69, 9.17) is 4.74 Å². The zero-order valence-electron chi connectivity index (χ0n) is 14.9. The molecular formula is C20H28O4. The van der Waals surface area contributed by atoms with Crippen LogP contribution in [0.3, 0.4) is 0 Å². The first-order valence-corrected chi connectivity index (χ1v) is 9.09. The number of fused-ring (bicyclic) bond motifs is 1. The number of esters is 1. The maximum absolute atomic E-state index is 11.8. The number of cyclic esters (lactones) is 1. The minimum atomic E-state index is -0.763. The quantitative estimate of drug-likeness (QED) is 0.787. The van der Waals surface area contributed by atoms with Crippen LogP contribution in [0.1, 0.15) is 59.3 Å².